The van der Waals surface area contributed by atoms with Crippen LogP contribution in [-0.4, -0.2) is 53.1 Å². The van der Waals surface area contributed by atoms with Gasteiger partial charge in [0.2, 0.25) is 10.0 Å². The maximum Gasteiger partial charge on any atom is 0.242 e. The lowest BCUT2D eigenvalue weighted by Gasteiger charge is -2.13. The minimum absolute atomic E-state index is 0.000826. The molecule has 0 radical (unpaired) electrons. The third-order valence-electron chi connectivity index (χ3n) is 2.86. The third-order valence-corrected chi connectivity index (χ3v) is 4.69. The number of sulfonamides is 1. The molecule has 114 valence electrons. The molecule has 0 spiro atoms. The molecule has 0 fully saturated rings. The lowest BCUT2D eigenvalue weighted by molar-refractivity contribution is 0.178. The number of benzene rings is 1. The summed E-state index contributed by atoms with van der Waals surface area (Å²) in [7, 11) is 1.28. The molecule has 3 N–H and O–H groups in total. The second-order valence-corrected chi connectivity index (χ2v) is 6.89. The van der Waals surface area contributed by atoms with Gasteiger partial charge in [0.25, 0.3) is 0 Å². The molecule has 1 aromatic rings. The predicted octanol–water partition coefficient (Wildman–Crippen LogP) is 0.713. The van der Waals surface area contributed by atoms with Gasteiger partial charge in [0.05, 0.1) is 11.5 Å². The van der Waals surface area contributed by atoms with Crippen LogP contribution >= 0.6 is 0 Å². The molecule has 0 saturated carbocycles. The van der Waals surface area contributed by atoms with E-state index in [4.69, 9.17) is 10.5 Å². The molecule has 0 saturated heterocycles. The molecular formula is C13H23N3O3S. The van der Waals surface area contributed by atoms with Crippen LogP contribution < -0.4 is 11.1 Å². The Bertz CT molecular complexity index is 500. The van der Waals surface area contributed by atoms with Crippen molar-refractivity contribution >= 4 is 15.7 Å². The molecule has 6 nitrogen and oxygen atoms in total. The van der Waals surface area contributed by atoms with Gasteiger partial charge in [-0.25, -0.2) is 12.7 Å². The van der Waals surface area contributed by atoms with Crippen molar-refractivity contribution in [1.29, 1.82) is 0 Å². The van der Waals surface area contributed by atoms with Crippen LogP contribution in [0, 0.1) is 0 Å². The summed E-state index contributed by atoms with van der Waals surface area (Å²) < 4.78 is 29.9. The van der Waals surface area contributed by atoms with Crippen molar-refractivity contribution in [3.63, 3.8) is 0 Å². The summed E-state index contributed by atoms with van der Waals surface area (Å²) in [6, 6.07) is 6.68. The number of nitrogens with two attached hydrogens (primary N) is 1. The number of rotatable bonds is 8. The maximum atomic E-state index is 11.9. The topological polar surface area (TPSA) is 84.7 Å². The Labute approximate surface area is 121 Å². The molecule has 1 unspecified atom stereocenters. The Balaban J connectivity index is 2.56. The SMILES string of the molecule is COCC(N)CCNc1ccc(S(=O)(=O)N(C)C)cc1. The fourth-order valence-electron chi connectivity index (χ4n) is 1.65. The summed E-state index contributed by atoms with van der Waals surface area (Å²) in [6.07, 6.45) is 0.783. The molecule has 7 heteroatoms. The van der Waals surface area contributed by atoms with E-state index in [9.17, 15) is 8.42 Å². The molecule has 0 aromatic heterocycles. The summed E-state index contributed by atoms with van der Waals surface area (Å²) >= 11 is 0. The average molecular weight is 301 g/mol. The highest BCUT2D eigenvalue weighted by Gasteiger charge is 2.16. The molecule has 0 aliphatic rings. The van der Waals surface area contributed by atoms with Crippen molar-refractivity contribution in [2.24, 2.45) is 5.73 Å². The molecule has 0 amide bonds. The molecule has 1 aromatic carbocycles. The molecule has 1 atom stereocenters. The second-order valence-electron chi connectivity index (χ2n) is 4.74. The monoisotopic (exact) mass is 301 g/mol. The van der Waals surface area contributed by atoms with Crippen molar-refractivity contribution in [3.05, 3.63) is 24.3 Å². The molecular weight excluding hydrogens is 278 g/mol. The van der Waals surface area contributed by atoms with Crippen LogP contribution in [0.25, 0.3) is 0 Å². The zero-order chi connectivity index (χ0) is 15.2. The number of hydrogen-bond donors (Lipinski definition) is 2. The van der Waals surface area contributed by atoms with E-state index in [1.807, 2.05) is 0 Å². The molecule has 0 aliphatic heterocycles. The van der Waals surface area contributed by atoms with Gasteiger partial charge in [0.15, 0.2) is 0 Å². The van der Waals surface area contributed by atoms with Gasteiger partial charge in [-0.1, -0.05) is 0 Å². The van der Waals surface area contributed by atoms with Gasteiger partial charge in [-0.2, -0.15) is 0 Å². The second kappa shape index (κ2) is 7.58. The van der Waals surface area contributed by atoms with Gasteiger partial charge in [0.1, 0.15) is 0 Å². The normalized spacial score (nSPS) is 13.4. The van der Waals surface area contributed by atoms with Crippen molar-refractivity contribution in [2.45, 2.75) is 17.4 Å². The number of ether oxygens (including phenoxy) is 1. The molecule has 1 rings (SSSR count). The van der Waals surface area contributed by atoms with E-state index in [0.717, 1.165) is 12.1 Å². The first-order valence-corrected chi connectivity index (χ1v) is 7.83. The van der Waals surface area contributed by atoms with Crippen LogP contribution in [0.5, 0.6) is 0 Å². The number of nitrogens with zero attached hydrogens (tertiary/aromatic N) is 1. The van der Waals surface area contributed by atoms with Crippen molar-refractivity contribution in [2.75, 3.05) is 39.7 Å². The smallest absolute Gasteiger partial charge is 0.242 e. The average Bonchev–Trinajstić information content (AvgIpc) is 2.39. The van der Waals surface area contributed by atoms with E-state index in [0.29, 0.717) is 13.2 Å². The first-order chi connectivity index (χ1) is 9.37. The summed E-state index contributed by atoms with van der Waals surface area (Å²) in [5.41, 5.74) is 6.68. The summed E-state index contributed by atoms with van der Waals surface area (Å²) in [4.78, 5) is 0.282. The molecule has 20 heavy (non-hydrogen) atoms. The number of hydrogen-bond acceptors (Lipinski definition) is 5. The molecule has 0 heterocycles. The Hall–Kier alpha value is -1.15. The van der Waals surface area contributed by atoms with Gasteiger partial charge in [-0.05, 0) is 30.7 Å². The lowest BCUT2D eigenvalue weighted by atomic mass is 10.2. The van der Waals surface area contributed by atoms with Gasteiger partial charge in [-0.15, -0.1) is 0 Å². The fraction of sp³-hybridized carbons (Fsp3) is 0.538. The summed E-state index contributed by atoms with van der Waals surface area (Å²) in [6.45, 7) is 1.24. The van der Waals surface area contributed by atoms with Crippen LogP contribution in [0.3, 0.4) is 0 Å². The lowest BCUT2D eigenvalue weighted by Crippen LogP contribution is -2.28. The molecule has 0 bridgehead atoms. The number of methoxy groups -OCH3 is 1. The third kappa shape index (κ3) is 4.75. The highest BCUT2D eigenvalue weighted by atomic mass is 32.2. The Morgan fingerprint density at radius 1 is 1.30 bits per heavy atom. The van der Waals surface area contributed by atoms with Crippen LogP contribution in [-0.2, 0) is 14.8 Å². The van der Waals surface area contributed by atoms with Crippen molar-refractivity contribution in [3.8, 4) is 0 Å². The Morgan fingerprint density at radius 2 is 1.90 bits per heavy atom. The van der Waals surface area contributed by atoms with Crippen LogP contribution in [0.2, 0.25) is 0 Å². The number of anilines is 1. The summed E-state index contributed by atoms with van der Waals surface area (Å²) in [5, 5.41) is 3.20. The fourth-order valence-corrected chi connectivity index (χ4v) is 2.56. The van der Waals surface area contributed by atoms with E-state index < -0.39 is 10.0 Å². The van der Waals surface area contributed by atoms with Gasteiger partial charge in [-0.3, -0.25) is 0 Å². The minimum Gasteiger partial charge on any atom is -0.385 e. The first-order valence-electron chi connectivity index (χ1n) is 6.39. The predicted molar refractivity (Wildman–Crippen MR) is 80.3 cm³/mol. The zero-order valence-corrected chi connectivity index (χ0v) is 13.0. The van der Waals surface area contributed by atoms with E-state index in [2.05, 4.69) is 5.32 Å². The first kappa shape index (κ1) is 16.9. The van der Waals surface area contributed by atoms with Crippen LogP contribution in [0.4, 0.5) is 5.69 Å². The summed E-state index contributed by atoms with van der Waals surface area (Å²) in [5.74, 6) is 0. The van der Waals surface area contributed by atoms with E-state index in [-0.39, 0.29) is 10.9 Å². The Morgan fingerprint density at radius 3 is 2.40 bits per heavy atom. The quantitative estimate of drug-likeness (QED) is 0.739. The standard InChI is InChI=1S/C13H23N3O3S/c1-16(2)20(17,18)13-6-4-12(5-7-13)15-9-8-11(14)10-19-3/h4-7,11,15H,8-10,14H2,1-3H3. The van der Waals surface area contributed by atoms with Gasteiger partial charge in [0, 0.05) is 39.5 Å². The number of nitrogens with one attached hydrogen (secondary N) is 1. The van der Waals surface area contributed by atoms with Gasteiger partial charge >= 0.3 is 0 Å². The van der Waals surface area contributed by atoms with Crippen molar-refractivity contribution in [1.82, 2.24) is 4.31 Å². The zero-order valence-electron chi connectivity index (χ0n) is 12.2. The van der Waals surface area contributed by atoms with E-state index in [1.165, 1.54) is 18.4 Å². The van der Waals surface area contributed by atoms with Gasteiger partial charge < -0.3 is 15.8 Å². The van der Waals surface area contributed by atoms with Crippen LogP contribution in [0.15, 0.2) is 29.2 Å². The van der Waals surface area contributed by atoms with Crippen molar-refractivity contribution < 1.29 is 13.2 Å². The van der Waals surface area contributed by atoms with E-state index >= 15 is 0 Å². The maximum absolute atomic E-state index is 11.9. The molecule has 0 aliphatic carbocycles. The Kier molecular flexibility index (Phi) is 6.41. The largest absolute Gasteiger partial charge is 0.385 e. The van der Waals surface area contributed by atoms with Crippen LogP contribution in [0.1, 0.15) is 6.42 Å². The highest BCUT2D eigenvalue weighted by Crippen LogP contribution is 2.16. The highest BCUT2D eigenvalue weighted by molar-refractivity contribution is 7.89. The van der Waals surface area contributed by atoms with E-state index in [1.54, 1.807) is 31.4 Å². The minimum atomic E-state index is -3.37.